The van der Waals surface area contributed by atoms with Gasteiger partial charge in [0.1, 0.15) is 5.69 Å². The van der Waals surface area contributed by atoms with E-state index in [1.54, 1.807) is 19.1 Å². The average Bonchev–Trinajstić information content (AvgIpc) is 2.78. The monoisotopic (exact) mass is 430 g/mol. The lowest BCUT2D eigenvalue weighted by molar-refractivity contribution is -0.384. The molecule has 0 unspecified atom stereocenters. The lowest BCUT2D eigenvalue weighted by Gasteiger charge is -2.36. The van der Waals surface area contributed by atoms with Gasteiger partial charge in [0.25, 0.3) is 5.69 Å². The molecule has 2 aliphatic heterocycles. The van der Waals surface area contributed by atoms with Crippen LogP contribution in [-0.4, -0.2) is 56.1 Å². The molecule has 1 saturated heterocycles. The van der Waals surface area contributed by atoms with E-state index in [0.29, 0.717) is 38.4 Å². The van der Waals surface area contributed by atoms with Crippen LogP contribution in [0.1, 0.15) is 18.1 Å². The third-order valence-electron chi connectivity index (χ3n) is 5.99. The van der Waals surface area contributed by atoms with Gasteiger partial charge >= 0.3 is 0 Å². The number of nitrogens with zero attached hydrogens (tertiary/aromatic N) is 4. The van der Waals surface area contributed by atoms with Crippen LogP contribution in [0.5, 0.6) is 0 Å². The lowest BCUT2D eigenvalue weighted by Crippen LogP contribution is -2.49. The van der Waals surface area contributed by atoms with E-state index in [4.69, 9.17) is 0 Å². The van der Waals surface area contributed by atoms with Crippen molar-refractivity contribution >= 4 is 27.1 Å². The van der Waals surface area contributed by atoms with Gasteiger partial charge in [-0.3, -0.25) is 10.1 Å². The van der Waals surface area contributed by atoms with Crippen molar-refractivity contribution in [3.63, 3.8) is 0 Å². The number of hydrogen-bond donors (Lipinski definition) is 0. The van der Waals surface area contributed by atoms with Crippen LogP contribution in [0.2, 0.25) is 0 Å². The van der Waals surface area contributed by atoms with Crippen molar-refractivity contribution in [3.8, 4) is 0 Å². The summed E-state index contributed by atoms with van der Waals surface area (Å²) in [6, 6.07) is 13.4. The van der Waals surface area contributed by atoms with Crippen LogP contribution in [0.25, 0.3) is 0 Å². The van der Waals surface area contributed by atoms with Crippen molar-refractivity contribution in [2.45, 2.75) is 19.9 Å². The summed E-state index contributed by atoms with van der Waals surface area (Å²) in [7, 11) is -3.19. The first-order chi connectivity index (χ1) is 14.4. The van der Waals surface area contributed by atoms with E-state index in [1.165, 1.54) is 15.4 Å². The maximum Gasteiger partial charge on any atom is 0.292 e. The minimum atomic E-state index is -3.19. The standard InChI is InChI=1S/C21H26N4O4S/c1-2-30(28,29)24-13-11-22(12-14-24)19-7-8-20(25(26)27)21(15-19)23-10-9-17-5-3-4-6-18(17)16-23/h3-8,15H,2,9-14,16H2,1H3. The fourth-order valence-electron chi connectivity index (χ4n) is 4.22. The van der Waals surface area contributed by atoms with Crippen LogP contribution in [0.3, 0.4) is 0 Å². The summed E-state index contributed by atoms with van der Waals surface area (Å²) in [5.74, 6) is 0.102. The second-order valence-electron chi connectivity index (χ2n) is 7.66. The Balaban J connectivity index is 1.58. The number of piperazine rings is 1. The van der Waals surface area contributed by atoms with Crippen molar-refractivity contribution in [1.82, 2.24) is 4.31 Å². The highest BCUT2D eigenvalue weighted by molar-refractivity contribution is 7.89. The molecule has 0 N–H and O–H groups in total. The van der Waals surface area contributed by atoms with Crippen LogP contribution in [0.15, 0.2) is 42.5 Å². The summed E-state index contributed by atoms with van der Waals surface area (Å²) in [5, 5.41) is 11.7. The van der Waals surface area contributed by atoms with E-state index in [0.717, 1.165) is 18.7 Å². The summed E-state index contributed by atoms with van der Waals surface area (Å²) in [6.45, 7) is 5.02. The number of hydrogen-bond acceptors (Lipinski definition) is 6. The highest BCUT2D eigenvalue weighted by Gasteiger charge is 2.28. The minimum Gasteiger partial charge on any atom is -0.369 e. The van der Waals surface area contributed by atoms with Gasteiger partial charge in [-0.05, 0) is 36.6 Å². The molecule has 2 aliphatic rings. The first kappa shape index (κ1) is 20.6. The molecule has 0 atom stereocenters. The third kappa shape index (κ3) is 3.99. The zero-order valence-electron chi connectivity index (χ0n) is 17.0. The Morgan fingerprint density at radius 2 is 1.67 bits per heavy atom. The number of benzene rings is 2. The van der Waals surface area contributed by atoms with Crippen LogP contribution in [0, 0.1) is 10.1 Å². The van der Waals surface area contributed by atoms with Crippen LogP contribution >= 0.6 is 0 Å². The van der Waals surface area contributed by atoms with E-state index in [-0.39, 0.29) is 16.4 Å². The quantitative estimate of drug-likeness (QED) is 0.535. The molecule has 9 heteroatoms. The van der Waals surface area contributed by atoms with Crippen LogP contribution in [0.4, 0.5) is 17.1 Å². The van der Waals surface area contributed by atoms with E-state index < -0.39 is 10.0 Å². The molecule has 1 fully saturated rings. The fourth-order valence-corrected chi connectivity index (χ4v) is 5.31. The Bertz CT molecular complexity index is 1050. The highest BCUT2D eigenvalue weighted by Crippen LogP contribution is 2.35. The smallest absolute Gasteiger partial charge is 0.292 e. The Hall–Kier alpha value is -2.65. The highest BCUT2D eigenvalue weighted by atomic mass is 32.2. The molecule has 2 aromatic rings. The molecule has 0 spiro atoms. The number of rotatable bonds is 5. The van der Waals surface area contributed by atoms with Gasteiger partial charge in [-0.15, -0.1) is 0 Å². The first-order valence-electron chi connectivity index (χ1n) is 10.2. The predicted molar refractivity (Wildman–Crippen MR) is 118 cm³/mol. The zero-order valence-corrected chi connectivity index (χ0v) is 17.8. The average molecular weight is 431 g/mol. The number of sulfonamides is 1. The lowest BCUT2D eigenvalue weighted by atomic mass is 9.99. The maximum absolute atomic E-state index is 12.1. The number of nitro groups is 1. The summed E-state index contributed by atoms with van der Waals surface area (Å²) in [4.78, 5) is 15.5. The zero-order chi connectivity index (χ0) is 21.3. The molecule has 4 rings (SSSR count). The fraction of sp³-hybridized carbons (Fsp3) is 0.429. The van der Waals surface area contributed by atoms with Crippen LogP contribution in [-0.2, 0) is 23.0 Å². The van der Waals surface area contributed by atoms with Gasteiger partial charge in [-0.1, -0.05) is 24.3 Å². The van der Waals surface area contributed by atoms with Gasteiger partial charge in [-0.2, -0.15) is 4.31 Å². The molecule has 8 nitrogen and oxygen atoms in total. The largest absolute Gasteiger partial charge is 0.369 e. The molecule has 0 bridgehead atoms. The van der Waals surface area contributed by atoms with Gasteiger partial charge in [-0.25, -0.2) is 8.42 Å². The van der Waals surface area contributed by atoms with Gasteiger partial charge in [0.15, 0.2) is 0 Å². The minimum absolute atomic E-state index is 0.102. The van der Waals surface area contributed by atoms with Crippen molar-refractivity contribution in [2.24, 2.45) is 0 Å². The number of fused-ring (bicyclic) bond motifs is 1. The number of anilines is 2. The molecule has 0 aromatic heterocycles. The molecular formula is C21H26N4O4S. The van der Waals surface area contributed by atoms with Gasteiger partial charge in [0.05, 0.1) is 10.7 Å². The molecule has 0 saturated carbocycles. The van der Waals surface area contributed by atoms with Crippen molar-refractivity contribution in [1.29, 1.82) is 0 Å². The molecular weight excluding hydrogens is 404 g/mol. The van der Waals surface area contributed by atoms with E-state index in [2.05, 4.69) is 21.9 Å². The number of nitro benzene ring substituents is 1. The Morgan fingerprint density at radius 1 is 0.967 bits per heavy atom. The summed E-state index contributed by atoms with van der Waals surface area (Å²) >= 11 is 0. The summed E-state index contributed by atoms with van der Waals surface area (Å²) in [5.41, 5.74) is 4.10. The molecule has 0 radical (unpaired) electrons. The molecule has 2 heterocycles. The second-order valence-corrected chi connectivity index (χ2v) is 9.91. The van der Waals surface area contributed by atoms with Gasteiger partial charge in [0.2, 0.25) is 10.0 Å². The van der Waals surface area contributed by atoms with Crippen molar-refractivity contribution in [2.75, 3.05) is 48.3 Å². The van der Waals surface area contributed by atoms with Crippen molar-refractivity contribution in [3.05, 3.63) is 63.7 Å². The predicted octanol–water partition coefficient (Wildman–Crippen LogP) is 2.63. The van der Waals surface area contributed by atoms with E-state index >= 15 is 0 Å². The van der Waals surface area contributed by atoms with Crippen molar-refractivity contribution < 1.29 is 13.3 Å². The topological polar surface area (TPSA) is 87.0 Å². The second kappa shape index (κ2) is 8.23. The maximum atomic E-state index is 12.1. The van der Waals surface area contributed by atoms with Gasteiger partial charge in [0, 0.05) is 51.0 Å². The summed E-state index contributed by atoms with van der Waals surface area (Å²) in [6.07, 6.45) is 0.852. The van der Waals surface area contributed by atoms with E-state index in [9.17, 15) is 18.5 Å². The SMILES string of the molecule is CCS(=O)(=O)N1CCN(c2ccc([N+](=O)[O-])c(N3CCc4ccccc4C3)c2)CC1. The van der Waals surface area contributed by atoms with Crippen LogP contribution < -0.4 is 9.80 Å². The molecule has 160 valence electrons. The molecule has 0 aliphatic carbocycles. The molecule has 2 aromatic carbocycles. The molecule has 0 amide bonds. The Labute approximate surface area is 176 Å². The first-order valence-corrected chi connectivity index (χ1v) is 11.8. The normalized spacial score (nSPS) is 17.6. The third-order valence-corrected chi connectivity index (χ3v) is 7.87. The Morgan fingerprint density at radius 3 is 2.33 bits per heavy atom. The van der Waals surface area contributed by atoms with Gasteiger partial charge < -0.3 is 9.80 Å². The summed E-state index contributed by atoms with van der Waals surface area (Å²) < 4.78 is 25.7. The molecule has 30 heavy (non-hydrogen) atoms. The Kier molecular flexibility index (Phi) is 5.66. The van der Waals surface area contributed by atoms with E-state index in [1.807, 2.05) is 18.2 Å².